The Bertz CT molecular complexity index is 504. The summed E-state index contributed by atoms with van der Waals surface area (Å²) < 4.78 is 0. The van der Waals surface area contributed by atoms with E-state index in [1.165, 1.54) is 0 Å². The van der Waals surface area contributed by atoms with Crippen LogP contribution in [0.2, 0.25) is 0 Å². The van der Waals surface area contributed by atoms with Gasteiger partial charge in [-0.3, -0.25) is 9.69 Å². The summed E-state index contributed by atoms with van der Waals surface area (Å²) in [6.07, 6.45) is 0.629. The number of aliphatic hydroxyl groups excluding tert-OH is 2. The Morgan fingerprint density at radius 1 is 1.43 bits per heavy atom. The minimum atomic E-state index is -0.659. The highest BCUT2D eigenvalue weighted by Gasteiger charge is 2.25. The SMILES string of the molecule is CCCN(CC(O)c1cccc2c1CC(=O)N2)[C@@H](C)CO. The van der Waals surface area contributed by atoms with E-state index in [1.54, 1.807) is 0 Å². The van der Waals surface area contributed by atoms with Gasteiger partial charge >= 0.3 is 0 Å². The van der Waals surface area contributed by atoms with Crippen molar-refractivity contribution in [3.05, 3.63) is 29.3 Å². The number of carbonyl (C=O) groups is 1. The van der Waals surface area contributed by atoms with Crippen molar-refractivity contribution in [1.82, 2.24) is 4.90 Å². The number of hydrogen-bond acceptors (Lipinski definition) is 4. The van der Waals surface area contributed by atoms with Crippen molar-refractivity contribution in [2.45, 2.75) is 38.8 Å². The van der Waals surface area contributed by atoms with Gasteiger partial charge in [0.05, 0.1) is 19.1 Å². The fraction of sp³-hybridized carbons (Fsp3) is 0.562. The number of carbonyl (C=O) groups excluding carboxylic acids is 1. The van der Waals surface area contributed by atoms with Crippen LogP contribution in [0.3, 0.4) is 0 Å². The molecule has 2 atom stereocenters. The van der Waals surface area contributed by atoms with E-state index in [9.17, 15) is 15.0 Å². The van der Waals surface area contributed by atoms with Crippen molar-refractivity contribution >= 4 is 11.6 Å². The third-order valence-corrected chi connectivity index (χ3v) is 3.99. The van der Waals surface area contributed by atoms with E-state index in [4.69, 9.17) is 0 Å². The van der Waals surface area contributed by atoms with E-state index in [1.807, 2.05) is 25.1 Å². The first-order valence-electron chi connectivity index (χ1n) is 7.51. The maximum absolute atomic E-state index is 11.5. The second kappa shape index (κ2) is 7.02. The van der Waals surface area contributed by atoms with Crippen LogP contribution in [-0.2, 0) is 11.2 Å². The first-order valence-corrected chi connectivity index (χ1v) is 7.51. The molecular formula is C16H24N2O3. The van der Waals surface area contributed by atoms with Crippen LogP contribution in [0.4, 0.5) is 5.69 Å². The van der Waals surface area contributed by atoms with Gasteiger partial charge in [-0.25, -0.2) is 0 Å². The number of nitrogens with one attached hydrogen (secondary N) is 1. The lowest BCUT2D eigenvalue weighted by molar-refractivity contribution is -0.115. The molecule has 116 valence electrons. The van der Waals surface area contributed by atoms with Gasteiger partial charge in [0.1, 0.15) is 0 Å². The van der Waals surface area contributed by atoms with Gasteiger partial charge in [0, 0.05) is 18.3 Å². The Labute approximate surface area is 125 Å². The molecule has 5 heteroatoms. The van der Waals surface area contributed by atoms with Gasteiger partial charge in [0.2, 0.25) is 5.91 Å². The summed E-state index contributed by atoms with van der Waals surface area (Å²) in [7, 11) is 0. The first-order chi connectivity index (χ1) is 10.1. The Balaban J connectivity index is 2.15. The predicted molar refractivity (Wildman–Crippen MR) is 82.1 cm³/mol. The summed E-state index contributed by atoms with van der Waals surface area (Å²) >= 11 is 0. The van der Waals surface area contributed by atoms with Crippen molar-refractivity contribution in [3.8, 4) is 0 Å². The molecular weight excluding hydrogens is 268 g/mol. The molecule has 1 aliphatic heterocycles. The lowest BCUT2D eigenvalue weighted by atomic mass is 9.99. The Morgan fingerprint density at radius 3 is 2.86 bits per heavy atom. The molecule has 0 aliphatic carbocycles. The molecule has 0 aromatic heterocycles. The van der Waals surface area contributed by atoms with Crippen molar-refractivity contribution in [3.63, 3.8) is 0 Å². The molecule has 1 aromatic rings. The molecule has 0 saturated heterocycles. The molecule has 1 heterocycles. The lowest BCUT2D eigenvalue weighted by Crippen LogP contribution is -2.39. The van der Waals surface area contributed by atoms with E-state index in [2.05, 4.69) is 17.1 Å². The molecule has 1 aliphatic rings. The smallest absolute Gasteiger partial charge is 0.228 e. The lowest BCUT2D eigenvalue weighted by Gasteiger charge is -2.30. The summed E-state index contributed by atoms with van der Waals surface area (Å²) in [6.45, 7) is 5.38. The molecule has 0 saturated carbocycles. The largest absolute Gasteiger partial charge is 0.395 e. The van der Waals surface area contributed by atoms with Crippen LogP contribution in [-0.4, -0.2) is 46.8 Å². The fourth-order valence-electron chi connectivity index (χ4n) is 2.80. The predicted octanol–water partition coefficient (Wildman–Crippen LogP) is 1.31. The van der Waals surface area contributed by atoms with Gasteiger partial charge in [0.15, 0.2) is 0 Å². The number of benzene rings is 1. The summed E-state index contributed by atoms with van der Waals surface area (Å²) in [5, 5.41) is 22.7. The molecule has 1 unspecified atom stereocenters. The molecule has 5 nitrogen and oxygen atoms in total. The summed E-state index contributed by atoms with van der Waals surface area (Å²) in [6, 6.07) is 5.59. The van der Waals surface area contributed by atoms with Gasteiger partial charge < -0.3 is 15.5 Å². The average molecular weight is 292 g/mol. The summed E-state index contributed by atoms with van der Waals surface area (Å²) in [5.41, 5.74) is 2.49. The number of nitrogens with zero attached hydrogens (tertiary/aromatic N) is 1. The van der Waals surface area contributed by atoms with Crippen molar-refractivity contribution in [2.75, 3.05) is 25.0 Å². The normalized spacial score (nSPS) is 16.7. The van der Waals surface area contributed by atoms with E-state index < -0.39 is 6.10 Å². The van der Waals surface area contributed by atoms with Gasteiger partial charge in [0.25, 0.3) is 0 Å². The quantitative estimate of drug-likeness (QED) is 0.708. The van der Waals surface area contributed by atoms with Crippen LogP contribution in [0.25, 0.3) is 0 Å². The van der Waals surface area contributed by atoms with E-state index >= 15 is 0 Å². The molecule has 21 heavy (non-hydrogen) atoms. The van der Waals surface area contributed by atoms with Crippen LogP contribution in [0, 0.1) is 0 Å². The maximum atomic E-state index is 11.5. The van der Waals surface area contributed by atoms with Crippen molar-refractivity contribution < 1.29 is 15.0 Å². The Morgan fingerprint density at radius 2 is 2.19 bits per heavy atom. The molecule has 2 rings (SSSR count). The summed E-state index contributed by atoms with van der Waals surface area (Å²) in [4.78, 5) is 13.6. The third-order valence-electron chi connectivity index (χ3n) is 3.99. The highest BCUT2D eigenvalue weighted by molar-refractivity contribution is 5.99. The van der Waals surface area contributed by atoms with Crippen molar-refractivity contribution in [1.29, 1.82) is 0 Å². The average Bonchev–Trinajstić information content (AvgIpc) is 2.85. The fourth-order valence-corrected chi connectivity index (χ4v) is 2.80. The molecule has 1 aromatic carbocycles. The van der Waals surface area contributed by atoms with E-state index in [0.29, 0.717) is 13.0 Å². The Kier molecular flexibility index (Phi) is 5.33. The number of fused-ring (bicyclic) bond motifs is 1. The molecule has 0 fully saturated rings. The first kappa shape index (κ1) is 15.9. The number of anilines is 1. The van der Waals surface area contributed by atoms with Gasteiger partial charge in [-0.05, 0) is 37.1 Å². The molecule has 3 N–H and O–H groups in total. The van der Waals surface area contributed by atoms with Crippen LogP contribution in [0.15, 0.2) is 18.2 Å². The third kappa shape index (κ3) is 3.61. The van der Waals surface area contributed by atoms with Crippen LogP contribution in [0.5, 0.6) is 0 Å². The van der Waals surface area contributed by atoms with Crippen LogP contribution < -0.4 is 5.32 Å². The zero-order valence-corrected chi connectivity index (χ0v) is 12.7. The maximum Gasteiger partial charge on any atom is 0.228 e. The van der Waals surface area contributed by atoms with Crippen LogP contribution in [0.1, 0.15) is 37.5 Å². The monoisotopic (exact) mass is 292 g/mol. The minimum Gasteiger partial charge on any atom is -0.395 e. The highest BCUT2D eigenvalue weighted by atomic mass is 16.3. The topological polar surface area (TPSA) is 72.8 Å². The summed E-state index contributed by atoms with van der Waals surface area (Å²) in [5.74, 6) is -0.0289. The number of hydrogen-bond donors (Lipinski definition) is 3. The van der Waals surface area contributed by atoms with Gasteiger partial charge in [-0.15, -0.1) is 0 Å². The van der Waals surface area contributed by atoms with Crippen LogP contribution >= 0.6 is 0 Å². The number of rotatable bonds is 7. The van der Waals surface area contributed by atoms with Crippen molar-refractivity contribution in [2.24, 2.45) is 0 Å². The van der Waals surface area contributed by atoms with Gasteiger partial charge in [-0.2, -0.15) is 0 Å². The van der Waals surface area contributed by atoms with Gasteiger partial charge in [-0.1, -0.05) is 19.1 Å². The number of aliphatic hydroxyl groups is 2. The second-order valence-electron chi connectivity index (χ2n) is 5.64. The van der Waals surface area contributed by atoms with E-state index in [0.717, 1.165) is 29.8 Å². The molecule has 0 bridgehead atoms. The molecule has 1 amide bonds. The zero-order chi connectivity index (χ0) is 15.4. The second-order valence-corrected chi connectivity index (χ2v) is 5.64. The standard InChI is InChI=1S/C16H24N2O3/c1-3-7-18(11(2)10-19)9-15(20)12-5-4-6-14-13(12)8-16(21)17-14/h4-6,11,15,19-20H,3,7-10H2,1-2H3,(H,17,21)/t11-,15?/m0/s1. The molecule has 0 spiro atoms. The minimum absolute atomic E-state index is 0.0103. The highest BCUT2D eigenvalue weighted by Crippen LogP contribution is 2.30. The zero-order valence-electron chi connectivity index (χ0n) is 12.7. The number of amides is 1. The van der Waals surface area contributed by atoms with E-state index in [-0.39, 0.29) is 18.6 Å². The molecule has 0 radical (unpaired) electrons. The Hall–Kier alpha value is -1.43.